The first kappa shape index (κ1) is 17.2. The van der Waals surface area contributed by atoms with E-state index in [2.05, 4.69) is 31.0 Å². The molecule has 0 spiro atoms. The average Bonchev–Trinajstić information content (AvgIpc) is 2.69. The van der Waals surface area contributed by atoms with Crippen LogP contribution in [0.3, 0.4) is 0 Å². The van der Waals surface area contributed by atoms with E-state index >= 15 is 0 Å². The van der Waals surface area contributed by atoms with Gasteiger partial charge in [0, 0.05) is 25.7 Å². The molecular formula is C18H36N2O. The Balaban J connectivity index is 1.99. The average molecular weight is 296 g/mol. The van der Waals surface area contributed by atoms with E-state index in [0.717, 1.165) is 19.7 Å². The summed E-state index contributed by atoms with van der Waals surface area (Å²) in [6, 6.07) is 0.576. The van der Waals surface area contributed by atoms with Gasteiger partial charge in [-0.25, -0.2) is 0 Å². The van der Waals surface area contributed by atoms with Crippen molar-refractivity contribution in [3.8, 4) is 0 Å². The predicted octanol–water partition coefficient (Wildman–Crippen LogP) is 3.44. The van der Waals surface area contributed by atoms with E-state index < -0.39 is 0 Å². The van der Waals surface area contributed by atoms with Crippen LogP contribution in [0.15, 0.2) is 0 Å². The van der Waals surface area contributed by atoms with Gasteiger partial charge in [0.1, 0.15) is 0 Å². The molecule has 0 bridgehead atoms. The monoisotopic (exact) mass is 296 g/mol. The second-order valence-electron chi connectivity index (χ2n) is 7.51. The van der Waals surface area contributed by atoms with E-state index in [-0.39, 0.29) is 0 Å². The van der Waals surface area contributed by atoms with Gasteiger partial charge >= 0.3 is 0 Å². The van der Waals surface area contributed by atoms with Crippen molar-refractivity contribution in [1.29, 1.82) is 0 Å². The molecule has 2 atom stereocenters. The van der Waals surface area contributed by atoms with Crippen molar-refractivity contribution in [3.05, 3.63) is 0 Å². The van der Waals surface area contributed by atoms with Crippen LogP contribution in [0.1, 0.15) is 65.7 Å². The normalized spacial score (nSPS) is 31.0. The van der Waals surface area contributed by atoms with Crippen molar-refractivity contribution in [2.45, 2.75) is 77.9 Å². The van der Waals surface area contributed by atoms with Gasteiger partial charge in [-0.2, -0.15) is 0 Å². The molecule has 1 N–H and O–H groups in total. The number of morpholine rings is 1. The quantitative estimate of drug-likeness (QED) is 0.600. The predicted molar refractivity (Wildman–Crippen MR) is 89.7 cm³/mol. The van der Waals surface area contributed by atoms with Gasteiger partial charge in [0.05, 0.1) is 12.7 Å². The fourth-order valence-corrected chi connectivity index (χ4v) is 4.02. The fraction of sp³-hybridized carbons (Fsp3) is 1.00. The van der Waals surface area contributed by atoms with Crippen molar-refractivity contribution in [3.63, 3.8) is 0 Å². The highest BCUT2D eigenvalue weighted by atomic mass is 16.5. The molecule has 0 amide bonds. The number of rotatable bonds is 6. The molecule has 1 heterocycles. The van der Waals surface area contributed by atoms with E-state index in [1.807, 2.05) is 0 Å². The van der Waals surface area contributed by atoms with Crippen LogP contribution in [-0.4, -0.2) is 49.8 Å². The Morgan fingerprint density at radius 2 is 1.86 bits per heavy atom. The van der Waals surface area contributed by atoms with E-state index in [9.17, 15) is 0 Å². The first-order valence-corrected chi connectivity index (χ1v) is 9.21. The first-order chi connectivity index (χ1) is 10.2. The lowest BCUT2D eigenvalue weighted by molar-refractivity contribution is -0.0647. The molecule has 0 aromatic rings. The molecule has 1 saturated heterocycles. The standard InChI is InChI=1S/C18H36N2O/c1-4-11-19-14-18(9-7-5-6-8-10-18)15-20-12-17(3)21-13-16(20)2/h16-17,19H,4-15H2,1-3H3. The van der Waals surface area contributed by atoms with E-state index in [1.165, 1.54) is 58.0 Å². The van der Waals surface area contributed by atoms with Crippen molar-refractivity contribution in [1.82, 2.24) is 10.2 Å². The first-order valence-electron chi connectivity index (χ1n) is 9.21. The highest BCUT2D eigenvalue weighted by Gasteiger charge is 2.35. The Kier molecular flexibility index (Phi) is 6.97. The molecule has 124 valence electrons. The summed E-state index contributed by atoms with van der Waals surface area (Å²) >= 11 is 0. The van der Waals surface area contributed by atoms with Crippen molar-refractivity contribution < 1.29 is 4.74 Å². The molecule has 1 aliphatic carbocycles. The molecule has 21 heavy (non-hydrogen) atoms. The molecule has 0 aromatic heterocycles. The van der Waals surface area contributed by atoms with Crippen LogP contribution in [0, 0.1) is 5.41 Å². The number of nitrogens with zero attached hydrogens (tertiary/aromatic N) is 1. The van der Waals surface area contributed by atoms with Gasteiger partial charge in [0.15, 0.2) is 0 Å². The molecule has 3 heteroatoms. The minimum atomic E-state index is 0.396. The van der Waals surface area contributed by atoms with Gasteiger partial charge in [0.25, 0.3) is 0 Å². The summed E-state index contributed by atoms with van der Waals surface area (Å²) in [6.07, 6.45) is 10.2. The lowest BCUT2D eigenvalue weighted by atomic mass is 9.79. The SMILES string of the molecule is CCCNCC1(CN2CC(C)OCC2C)CCCCCC1. The van der Waals surface area contributed by atoms with Gasteiger partial charge < -0.3 is 10.1 Å². The minimum absolute atomic E-state index is 0.396. The molecule has 0 aromatic carbocycles. The molecule has 2 fully saturated rings. The van der Waals surface area contributed by atoms with E-state index in [4.69, 9.17) is 4.74 Å². The third kappa shape index (κ3) is 5.22. The van der Waals surface area contributed by atoms with E-state index in [1.54, 1.807) is 0 Å². The summed E-state index contributed by atoms with van der Waals surface area (Å²) in [7, 11) is 0. The third-order valence-electron chi connectivity index (χ3n) is 5.37. The fourth-order valence-electron chi connectivity index (χ4n) is 4.02. The van der Waals surface area contributed by atoms with Crippen LogP contribution >= 0.6 is 0 Å². The highest BCUT2D eigenvalue weighted by Crippen LogP contribution is 2.36. The van der Waals surface area contributed by atoms with Gasteiger partial charge in [-0.3, -0.25) is 4.90 Å². The molecule has 3 nitrogen and oxygen atoms in total. The van der Waals surface area contributed by atoms with Crippen LogP contribution in [0.5, 0.6) is 0 Å². The maximum atomic E-state index is 5.81. The van der Waals surface area contributed by atoms with E-state index in [0.29, 0.717) is 17.6 Å². The maximum absolute atomic E-state index is 5.81. The summed E-state index contributed by atoms with van der Waals surface area (Å²) in [5.41, 5.74) is 0.497. The lowest BCUT2D eigenvalue weighted by Gasteiger charge is -2.44. The lowest BCUT2D eigenvalue weighted by Crippen LogP contribution is -2.53. The van der Waals surface area contributed by atoms with Crippen molar-refractivity contribution >= 4 is 0 Å². The topological polar surface area (TPSA) is 24.5 Å². The van der Waals surface area contributed by atoms with Crippen LogP contribution < -0.4 is 5.32 Å². The Bertz CT molecular complexity index is 287. The second-order valence-corrected chi connectivity index (χ2v) is 7.51. The molecule has 1 saturated carbocycles. The third-order valence-corrected chi connectivity index (χ3v) is 5.37. The summed E-state index contributed by atoms with van der Waals surface area (Å²) in [5.74, 6) is 0. The zero-order chi connectivity index (χ0) is 15.1. The zero-order valence-corrected chi connectivity index (χ0v) is 14.5. The van der Waals surface area contributed by atoms with Crippen LogP contribution in [0.25, 0.3) is 0 Å². The summed E-state index contributed by atoms with van der Waals surface area (Å²) < 4.78 is 5.81. The molecule has 2 unspecified atom stereocenters. The van der Waals surface area contributed by atoms with Crippen LogP contribution in [0.2, 0.25) is 0 Å². The largest absolute Gasteiger partial charge is 0.376 e. The Morgan fingerprint density at radius 3 is 2.52 bits per heavy atom. The van der Waals surface area contributed by atoms with Crippen LogP contribution in [0.4, 0.5) is 0 Å². The Hall–Kier alpha value is -0.120. The number of hydrogen-bond donors (Lipinski definition) is 1. The molecule has 0 radical (unpaired) electrons. The summed E-state index contributed by atoms with van der Waals surface area (Å²) in [5, 5.41) is 3.73. The minimum Gasteiger partial charge on any atom is -0.376 e. The van der Waals surface area contributed by atoms with Gasteiger partial charge in [-0.05, 0) is 45.1 Å². The second kappa shape index (κ2) is 8.50. The maximum Gasteiger partial charge on any atom is 0.0674 e. The van der Waals surface area contributed by atoms with Crippen molar-refractivity contribution in [2.24, 2.45) is 5.41 Å². The zero-order valence-electron chi connectivity index (χ0n) is 14.5. The number of hydrogen-bond acceptors (Lipinski definition) is 3. The number of nitrogens with one attached hydrogen (secondary N) is 1. The number of ether oxygens (including phenoxy) is 1. The Labute approximate surface area is 131 Å². The highest BCUT2D eigenvalue weighted by molar-refractivity contribution is 4.89. The Morgan fingerprint density at radius 1 is 1.14 bits per heavy atom. The molecule has 2 rings (SSSR count). The van der Waals surface area contributed by atoms with Gasteiger partial charge in [-0.1, -0.05) is 32.6 Å². The van der Waals surface area contributed by atoms with Crippen LogP contribution in [-0.2, 0) is 4.74 Å². The summed E-state index contributed by atoms with van der Waals surface area (Å²) in [6.45, 7) is 12.5. The smallest absolute Gasteiger partial charge is 0.0674 e. The van der Waals surface area contributed by atoms with Gasteiger partial charge in [-0.15, -0.1) is 0 Å². The molecular weight excluding hydrogens is 260 g/mol. The van der Waals surface area contributed by atoms with Gasteiger partial charge in [0.2, 0.25) is 0 Å². The molecule has 1 aliphatic heterocycles. The van der Waals surface area contributed by atoms with Crippen molar-refractivity contribution in [2.75, 3.05) is 32.8 Å². The molecule has 2 aliphatic rings. The summed E-state index contributed by atoms with van der Waals surface area (Å²) in [4.78, 5) is 2.70.